The van der Waals surface area contributed by atoms with Crippen LogP contribution in [0.3, 0.4) is 0 Å². The quantitative estimate of drug-likeness (QED) is 0.440. The number of rotatable bonds is 10. The van der Waals surface area contributed by atoms with E-state index in [2.05, 4.69) is 10.6 Å². The van der Waals surface area contributed by atoms with Crippen LogP contribution in [-0.4, -0.2) is 59.7 Å². The average Bonchev–Trinajstić information content (AvgIpc) is 3.00. The number of halogens is 1. The van der Waals surface area contributed by atoms with Crippen molar-refractivity contribution in [3.05, 3.63) is 34.9 Å². The molecule has 1 fully saturated rings. The molecule has 0 aromatic heterocycles. The molecular formula is C19H24ClN3O4S. The lowest BCUT2D eigenvalue weighted by molar-refractivity contribution is -0.138. The predicted octanol–water partition coefficient (Wildman–Crippen LogP) is 1.85. The molecule has 1 heterocycles. The molecule has 9 heteroatoms. The number of imide groups is 1. The van der Waals surface area contributed by atoms with E-state index in [4.69, 9.17) is 11.6 Å². The Hall–Kier alpha value is -2.06. The highest BCUT2D eigenvalue weighted by Gasteiger charge is 2.28. The highest BCUT2D eigenvalue weighted by atomic mass is 35.5. The van der Waals surface area contributed by atoms with Crippen LogP contribution in [0.1, 0.15) is 36.0 Å². The lowest BCUT2D eigenvalue weighted by Crippen LogP contribution is -2.47. The molecule has 0 saturated carbocycles. The topological polar surface area (TPSA) is 95.6 Å². The van der Waals surface area contributed by atoms with E-state index in [1.54, 1.807) is 36.0 Å². The number of carbonyl (C=O) groups is 4. The Bertz CT molecular complexity index is 728. The summed E-state index contributed by atoms with van der Waals surface area (Å²) in [5.74, 6) is -0.325. The van der Waals surface area contributed by atoms with Crippen molar-refractivity contribution in [1.82, 2.24) is 15.5 Å². The molecule has 1 saturated heterocycles. The van der Waals surface area contributed by atoms with Gasteiger partial charge >= 0.3 is 0 Å². The molecule has 0 spiro atoms. The first-order chi connectivity index (χ1) is 13.4. The van der Waals surface area contributed by atoms with Gasteiger partial charge in [0.1, 0.15) is 6.04 Å². The molecule has 1 atom stereocenters. The van der Waals surface area contributed by atoms with E-state index in [0.717, 1.165) is 0 Å². The molecule has 2 N–H and O–H groups in total. The molecule has 7 nitrogen and oxygen atoms in total. The first kappa shape index (κ1) is 22.2. The largest absolute Gasteiger partial charge is 0.354 e. The van der Waals surface area contributed by atoms with Crippen molar-refractivity contribution in [3.63, 3.8) is 0 Å². The van der Waals surface area contributed by atoms with Gasteiger partial charge in [-0.05, 0) is 37.0 Å². The number of nitrogens with one attached hydrogen (secondary N) is 2. The van der Waals surface area contributed by atoms with Gasteiger partial charge in [0.2, 0.25) is 17.7 Å². The Morgan fingerprint density at radius 1 is 1.21 bits per heavy atom. The molecule has 0 aliphatic carbocycles. The standard InChI is InChI=1S/C19H24ClN3O4S/c1-28-12-9-15(22-18(26)13-5-2-3-6-14(13)20)19(27)21-10-4-11-23-16(24)7-8-17(23)25/h2-3,5-6,15H,4,7-12H2,1H3,(H,21,27)(H,22,26). The zero-order valence-electron chi connectivity index (χ0n) is 15.7. The van der Waals surface area contributed by atoms with Crippen molar-refractivity contribution >= 4 is 47.0 Å². The normalized spacial score (nSPS) is 14.9. The van der Waals surface area contributed by atoms with Crippen molar-refractivity contribution in [2.24, 2.45) is 0 Å². The SMILES string of the molecule is CSCCC(NC(=O)c1ccccc1Cl)C(=O)NCCCN1C(=O)CCC1=O. The summed E-state index contributed by atoms with van der Waals surface area (Å²) in [6.45, 7) is 0.604. The van der Waals surface area contributed by atoms with Gasteiger partial charge in [-0.2, -0.15) is 11.8 Å². The second-order valence-electron chi connectivity index (χ2n) is 6.37. The van der Waals surface area contributed by atoms with Gasteiger partial charge < -0.3 is 10.6 Å². The second kappa shape index (κ2) is 11.1. The fraction of sp³-hybridized carbons (Fsp3) is 0.474. The molecule has 0 radical (unpaired) electrons. The van der Waals surface area contributed by atoms with Crippen LogP contribution in [0.5, 0.6) is 0 Å². The molecule has 28 heavy (non-hydrogen) atoms. The number of hydrogen-bond donors (Lipinski definition) is 2. The Balaban J connectivity index is 1.86. The maximum atomic E-state index is 12.5. The maximum absolute atomic E-state index is 12.5. The highest BCUT2D eigenvalue weighted by molar-refractivity contribution is 7.98. The van der Waals surface area contributed by atoms with Crippen LogP contribution >= 0.6 is 23.4 Å². The Labute approximate surface area is 173 Å². The van der Waals surface area contributed by atoms with E-state index in [1.165, 1.54) is 4.90 Å². The fourth-order valence-corrected chi connectivity index (χ4v) is 3.52. The summed E-state index contributed by atoms with van der Waals surface area (Å²) < 4.78 is 0. The van der Waals surface area contributed by atoms with Crippen LogP contribution in [0, 0.1) is 0 Å². The van der Waals surface area contributed by atoms with Gasteiger partial charge in [-0.3, -0.25) is 24.1 Å². The van der Waals surface area contributed by atoms with E-state index in [0.29, 0.717) is 42.3 Å². The van der Waals surface area contributed by atoms with Gasteiger partial charge in [0.25, 0.3) is 5.91 Å². The van der Waals surface area contributed by atoms with Gasteiger partial charge in [0.05, 0.1) is 10.6 Å². The first-order valence-electron chi connectivity index (χ1n) is 9.09. The lowest BCUT2D eigenvalue weighted by atomic mass is 10.1. The molecule has 1 aliphatic rings. The summed E-state index contributed by atoms with van der Waals surface area (Å²) >= 11 is 7.63. The summed E-state index contributed by atoms with van der Waals surface area (Å²) in [7, 11) is 0. The zero-order chi connectivity index (χ0) is 20.5. The lowest BCUT2D eigenvalue weighted by Gasteiger charge is -2.19. The Kier molecular flexibility index (Phi) is 8.79. The molecule has 4 amide bonds. The third kappa shape index (κ3) is 6.24. The van der Waals surface area contributed by atoms with Crippen LogP contribution in [0.2, 0.25) is 5.02 Å². The summed E-state index contributed by atoms with van der Waals surface area (Å²) in [5.41, 5.74) is 0.317. The number of amides is 4. The van der Waals surface area contributed by atoms with Crippen LogP contribution in [0.25, 0.3) is 0 Å². The van der Waals surface area contributed by atoms with E-state index < -0.39 is 11.9 Å². The van der Waals surface area contributed by atoms with E-state index in [1.807, 2.05) is 6.26 Å². The zero-order valence-corrected chi connectivity index (χ0v) is 17.3. The number of likely N-dealkylation sites (tertiary alicyclic amines) is 1. The maximum Gasteiger partial charge on any atom is 0.253 e. The summed E-state index contributed by atoms with van der Waals surface area (Å²) in [4.78, 5) is 49.4. The van der Waals surface area contributed by atoms with Crippen molar-refractivity contribution < 1.29 is 19.2 Å². The molecule has 1 aliphatic heterocycles. The summed E-state index contributed by atoms with van der Waals surface area (Å²) in [6.07, 6.45) is 3.39. The highest BCUT2D eigenvalue weighted by Crippen LogP contribution is 2.15. The van der Waals surface area contributed by atoms with Crippen LogP contribution in [0.15, 0.2) is 24.3 Å². The third-order valence-corrected chi connectivity index (χ3v) is 5.34. The van der Waals surface area contributed by atoms with E-state index >= 15 is 0 Å². The Morgan fingerprint density at radius 2 is 1.89 bits per heavy atom. The molecular weight excluding hydrogens is 402 g/mol. The minimum absolute atomic E-state index is 0.166. The smallest absolute Gasteiger partial charge is 0.253 e. The number of hydrogen-bond acceptors (Lipinski definition) is 5. The number of thioether (sulfide) groups is 1. The van der Waals surface area contributed by atoms with E-state index in [-0.39, 0.29) is 30.6 Å². The molecule has 2 rings (SSSR count). The molecule has 152 valence electrons. The predicted molar refractivity (Wildman–Crippen MR) is 109 cm³/mol. The fourth-order valence-electron chi connectivity index (χ4n) is 2.83. The van der Waals surface area contributed by atoms with Gasteiger partial charge in [-0.1, -0.05) is 23.7 Å². The average molecular weight is 426 g/mol. The number of carbonyl (C=O) groups excluding carboxylic acids is 4. The van der Waals surface area contributed by atoms with Gasteiger partial charge in [-0.15, -0.1) is 0 Å². The van der Waals surface area contributed by atoms with Gasteiger partial charge in [0.15, 0.2) is 0 Å². The molecule has 1 aromatic carbocycles. The van der Waals surface area contributed by atoms with Crippen LogP contribution < -0.4 is 10.6 Å². The van der Waals surface area contributed by atoms with Crippen LogP contribution in [-0.2, 0) is 14.4 Å². The van der Waals surface area contributed by atoms with Crippen molar-refractivity contribution in [2.45, 2.75) is 31.7 Å². The first-order valence-corrected chi connectivity index (χ1v) is 10.9. The van der Waals surface area contributed by atoms with E-state index in [9.17, 15) is 19.2 Å². The molecule has 0 bridgehead atoms. The van der Waals surface area contributed by atoms with Crippen molar-refractivity contribution in [1.29, 1.82) is 0 Å². The monoisotopic (exact) mass is 425 g/mol. The van der Waals surface area contributed by atoms with Crippen molar-refractivity contribution in [3.8, 4) is 0 Å². The Morgan fingerprint density at radius 3 is 2.54 bits per heavy atom. The summed E-state index contributed by atoms with van der Waals surface area (Å²) in [5, 5.41) is 5.83. The van der Waals surface area contributed by atoms with Crippen molar-refractivity contribution in [2.75, 3.05) is 25.1 Å². The third-order valence-electron chi connectivity index (χ3n) is 4.36. The minimum Gasteiger partial charge on any atom is -0.354 e. The molecule has 1 unspecified atom stereocenters. The second-order valence-corrected chi connectivity index (χ2v) is 7.76. The van der Waals surface area contributed by atoms with Gasteiger partial charge in [0, 0.05) is 25.9 Å². The minimum atomic E-state index is -0.689. The van der Waals surface area contributed by atoms with Gasteiger partial charge in [-0.25, -0.2) is 0 Å². The summed E-state index contributed by atoms with van der Waals surface area (Å²) in [6, 6.07) is 5.97. The number of nitrogens with zero attached hydrogens (tertiary/aromatic N) is 1. The van der Waals surface area contributed by atoms with Crippen LogP contribution in [0.4, 0.5) is 0 Å². The molecule has 1 aromatic rings. The number of benzene rings is 1.